The van der Waals surface area contributed by atoms with E-state index in [1.54, 1.807) is 7.11 Å². The third kappa shape index (κ3) is 7.85. The second-order valence-corrected chi connectivity index (χ2v) is 7.24. The van der Waals surface area contributed by atoms with Crippen molar-refractivity contribution in [3.05, 3.63) is 47.3 Å². The summed E-state index contributed by atoms with van der Waals surface area (Å²) in [5, 5.41) is 11.4. The van der Waals surface area contributed by atoms with Crippen LogP contribution in [0.1, 0.15) is 36.6 Å². The van der Waals surface area contributed by atoms with Gasteiger partial charge in [0, 0.05) is 65.3 Å². The summed E-state index contributed by atoms with van der Waals surface area (Å²) in [6.07, 6.45) is 2.09. The molecule has 0 saturated heterocycles. The number of halogens is 1. The van der Waals surface area contributed by atoms with Gasteiger partial charge in [-0.3, -0.25) is 9.67 Å². The van der Waals surface area contributed by atoms with Gasteiger partial charge in [-0.15, -0.1) is 24.0 Å². The maximum Gasteiger partial charge on any atom is 0.193 e. The summed E-state index contributed by atoms with van der Waals surface area (Å²) in [6, 6.07) is 8.41. The van der Waals surface area contributed by atoms with Crippen LogP contribution in [0.5, 0.6) is 0 Å². The molecule has 0 unspecified atom stereocenters. The Kier molecular flexibility index (Phi) is 11.0. The Hall–Kier alpha value is -1.81. The smallest absolute Gasteiger partial charge is 0.193 e. The molecule has 0 atom stereocenters. The molecule has 2 aromatic rings. The summed E-state index contributed by atoms with van der Waals surface area (Å²) in [5.74, 6) is 1.26. The summed E-state index contributed by atoms with van der Waals surface area (Å²) < 4.78 is 6.94. The topological polar surface area (TPSA) is 66.7 Å². The van der Waals surface area contributed by atoms with Crippen molar-refractivity contribution in [2.45, 2.75) is 32.9 Å². The first-order valence-corrected chi connectivity index (χ1v) is 9.70. The van der Waals surface area contributed by atoms with Crippen molar-refractivity contribution in [2.75, 3.05) is 39.7 Å². The molecule has 8 heteroatoms. The molecule has 0 spiro atoms. The lowest BCUT2D eigenvalue weighted by molar-refractivity contribution is 0.211. The number of ether oxygens (including phenoxy) is 1. The van der Waals surface area contributed by atoms with E-state index in [-0.39, 0.29) is 24.0 Å². The number of anilines is 1. The average Bonchev–Trinajstić information content (AvgIpc) is 3.04. The highest BCUT2D eigenvalue weighted by Crippen LogP contribution is 2.18. The zero-order valence-corrected chi connectivity index (χ0v) is 20.7. The first-order chi connectivity index (χ1) is 13.4. The molecule has 0 aliphatic carbocycles. The molecule has 0 saturated carbocycles. The van der Waals surface area contributed by atoms with Crippen molar-refractivity contribution < 1.29 is 4.74 Å². The lowest BCUT2D eigenvalue weighted by atomic mass is 10.1. The molecule has 0 aliphatic heterocycles. The lowest BCUT2D eigenvalue weighted by Gasteiger charge is -2.22. The Bertz CT molecular complexity index is 757. The Labute approximate surface area is 191 Å². The van der Waals surface area contributed by atoms with Gasteiger partial charge in [-0.1, -0.05) is 26.0 Å². The monoisotopic (exact) mass is 514 g/mol. The molecule has 2 rings (SSSR count). The van der Waals surface area contributed by atoms with Gasteiger partial charge < -0.3 is 20.3 Å². The molecule has 0 bridgehead atoms. The average molecular weight is 514 g/mol. The highest BCUT2D eigenvalue weighted by atomic mass is 127. The maximum absolute atomic E-state index is 5.06. The van der Waals surface area contributed by atoms with Crippen LogP contribution in [0.3, 0.4) is 0 Å². The van der Waals surface area contributed by atoms with E-state index >= 15 is 0 Å². The maximum atomic E-state index is 5.06. The van der Waals surface area contributed by atoms with Gasteiger partial charge in [-0.2, -0.15) is 5.10 Å². The number of aromatic nitrogens is 2. The van der Waals surface area contributed by atoms with Gasteiger partial charge in [0.05, 0.1) is 12.3 Å². The fourth-order valence-electron chi connectivity index (χ4n) is 3.10. The van der Waals surface area contributed by atoms with Crippen LogP contribution in [0.2, 0.25) is 0 Å². The van der Waals surface area contributed by atoms with Crippen molar-refractivity contribution in [3.63, 3.8) is 0 Å². The largest absolute Gasteiger partial charge is 0.383 e. The molecule has 2 N–H and O–H groups in total. The number of aryl methyl sites for hydroxylation is 1. The number of nitrogens with zero attached hydrogens (tertiary/aromatic N) is 4. The fraction of sp³-hybridized carbons (Fsp3) is 0.524. The third-order valence-electron chi connectivity index (χ3n) is 4.50. The van der Waals surface area contributed by atoms with E-state index in [0.29, 0.717) is 12.5 Å². The molecule has 0 radical (unpaired) electrons. The third-order valence-corrected chi connectivity index (χ3v) is 4.50. The SMILES string of the molecule is CN=C(NCc1ccc(NCCOC)cc1)N(C)Cc1cn(C)nc1C(C)C.I. The van der Waals surface area contributed by atoms with Crippen molar-refractivity contribution in [1.82, 2.24) is 20.0 Å². The number of benzene rings is 1. The van der Waals surface area contributed by atoms with Crippen LogP contribution in [0, 0.1) is 0 Å². The van der Waals surface area contributed by atoms with E-state index in [1.807, 2.05) is 18.8 Å². The molecule has 0 fully saturated rings. The fourth-order valence-corrected chi connectivity index (χ4v) is 3.10. The number of hydrogen-bond donors (Lipinski definition) is 2. The minimum absolute atomic E-state index is 0. The number of guanidine groups is 1. The van der Waals surface area contributed by atoms with Crippen LogP contribution in [0.25, 0.3) is 0 Å². The molecule has 1 aromatic heterocycles. The summed E-state index contributed by atoms with van der Waals surface area (Å²) in [7, 11) is 7.54. The van der Waals surface area contributed by atoms with Crippen molar-refractivity contribution >= 4 is 35.6 Å². The van der Waals surface area contributed by atoms with E-state index in [2.05, 4.69) is 77.0 Å². The van der Waals surface area contributed by atoms with Crippen molar-refractivity contribution in [2.24, 2.45) is 12.0 Å². The van der Waals surface area contributed by atoms with Crippen LogP contribution >= 0.6 is 24.0 Å². The van der Waals surface area contributed by atoms with Gasteiger partial charge in [0.2, 0.25) is 0 Å². The standard InChI is InChI=1S/C21H34N6O.HI/c1-16(2)20-18(15-27(5)25-20)14-26(4)21(22-3)24-13-17-7-9-19(10-8-17)23-11-12-28-6;/h7-10,15-16,23H,11-14H2,1-6H3,(H,22,24);1H. The molecular weight excluding hydrogens is 479 g/mol. The molecule has 0 aliphatic rings. The zero-order chi connectivity index (χ0) is 20.5. The number of aliphatic imine (C=N–C) groups is 1. The van der Waals surface area contributed by atoms with Gasteiger partial charge in [0.15, 0.2) is 5.96 Å². The van der Waals surface area contributed by atoms with Gasteiger partial charge in [0.25, 0.3) is 0 Å². The summed E-state index contributed by atoms with van der Waals surface area (Å²) in [6.45, 7) is 7.34. The van der Waals surface area contributed by atoms with Crippen molar-refractivity contribution in [3.8, 4) is 0 Å². The van der Waals surface area contributed by atoms with E-state index < -0.39 is 0 Å². The molecule has 7 nitrogen and oxygen atoms in total. The second kappa shape index (κ2) is 12.7. The second-order valence-electron chi connectivity index (χ2n) is 7.24. The predicted octanol–water partition coefficient (Wildman–Crippen LogP) is 3.43. The first kappa shape index (κ1) is 25.2. The first-order valence-electron chi connectivity index (χ1n) is 9.70. The lowest BCUT2D eigenvalue weighted by Crippen LogP contribution is -2.38. The molecule has 162 valence electrons. The number of methoxy groups -OCH3 is 1. The van der Waals surface area contributed by atoms with Crippen LogP contribution in [-0.4, -0.2) is 55.0 Å². The Balaban J connectivity index is 0.00000420. The number of hydrogen-bond acceptors (Lipinski definition) is 4. The molecule has 29 heavy (non-hydrogen) atoms. The summed E-state index contributed by atoms with van der Waals surface area (Å²) in [5.41, 5.74) is 4.67. The highest BCUT2D eigenvalue weighted by Gasteiger charge is 2.15. The Morgan fingerprint density at radius 2 is 1.97 bits per heavy atom. The molecule has 1 heterocycles. The minimum atomic E-state index is 0. The van der Waals surface area contributed by atoms with Crippen LogP contribution in [0.15, 0.2) is 35.5 Å². The summed E-state index contributed by atoms with van der Waals surface area (Å²) >= 11 is 0. The van der Waals surface area contributed by atoms with E-state index in [4.69, 9.17) is 4.74 Å². The Morgan fingerprint density at radius 1 is 1.28 bits per heavy atom. The zero-order valence-electron chi connectivity index (χ0n) is 18.4. The predicted molar refractivity (Wildman–Crippen MR) is 131 cm³/mol. The Morgan fingerprint density at radius 3 is 2.55 bits per heavy atom. The minimum Gasteiger partial charge on any atom is -0.383 e. The van der Waals surface area contributed by atoms with E-state index in [9.17, 15) is 0 Å². The van der Waals surface area contributed by atoms with Gasteiger partial charge in [-0.05, 0) is 23.6 Å². The highest BCUT2D eigenvalue weighted by molar-refractivity contribution is 14.0. The van der Waals surface area contributed by atoms with Gasteiger partial charge in [0.1, 0.15) is 0 Å². The normalized spacial score (nSPS) is 11.3. The quantitative estimate of drug-likeness (QED) is 0.232. The van der Waals surface area contributed by atoms with Crippen molar-refractivity contribution in [1.29, 1.82) is 0 Å². The van der Waals surface area contributed by atoms with E-state index in [1.165, 1.54) is 11.1 Å². The van der Waals surface area contributed by atoms with Crippen LogP contribution in [-0.2, 0) is 24.9 Å². The number of nitrogens with one attached hydrogen (secondary N) is 2. The molecule has 0 amide bonds. The molecular formula is C21H35IN6O. The van der Waals surface area contributed by atoms with Crippen LogP contribution in [0.4, 0.5) is 5.69 Å². The number of rotatable bonds is 9. The molecule has 1 aromatic carbocycles. The van der Waals surface area contributed by atoms with E-state index in [0.717, 1.165) is 37.0 Å². The van der Waals surface area contributed by atoms with Gasteiger partial charge >= 0.3 is 0 Å². The van der Waals surface area contributed by atoms with Gasteiger partial charge in [-0.25, -0.2) is 0 Å². The summed E-state index contributed by atoms with van der Waals surface area (Å²) in [4.78, 5) is 6.55. The van der Waals surface area contributed by atoms with Crippen LogP contribution < -0.4 is 10.6 Å².